The van der Waals surface area contributed by atoms with Gasteiger partial charge in [0.25, 0.3) is 5.91 Å². The van der Waals surface area contributed by atoms with Crippen molar-refractivity contribution >= 4 is 22.6 Å². The molecule has 2 heterocycles. The summed E-state index contributed by atoms with van der Waals surface area (Å²) in [7, 11) is 1.99. The lowest BCUT2D eigenvalue weighted by atomic mass is 10.1. The van der Waals surface area contributed by atoms with Crippen LogP contribution >= 0.6 is 0 Å². The molecule has 0 atom stereocenters. The van der Waals surface area contributed by atoms with Gasteiger partial charge in [-0.2, -0.15) is 0 Å². The summed E-state index contributed by atoms with van der Waals surface area (Å²) >= 11 is 0. The molecule has 1 aromatic carbocycles. The molecule has 6 heteroatoms. The van der Waals surface area contributed by atoms with Crippen LogP contribution in [0.3, 0.4) is 0 Å². The Kier molecular flexibility index (Phi) is 5.84. The van der Waals surface area contributed by atoms with E-state index < -0.39 is 0 Å². The Bertz CT molecular complexity index is 856. The number of anilines is 1. The smallest absolute Gasteiger partial charge is 0.271 e. The van der Waals surface area contributed by atoms with E-state index in [2.05, 4.69) is 38.4 Å². The second-order valence-corrected chi connectivity index (χ2v) is 6.42. The van der Waals surface area contributed by atoms with Gasteiger partial charge in [-0.3, -0.25) is 4.79 Å². The summed E-state index contributed by atoms with van der Waals surface area (Å²) in [6.45, 7) is 3.64. The number of nitrogens with one attached hydrogen (secondary N) is 2. The van der Waals surface area contributed by atoms with Gasteiger partial charge in [0.2, 0.25) is 0 Å². The number of hydrogen-bond donors (Lipinski definition) is 2. The van der Waals surface area contributed by atoms with Crippen molar-refractivity contribution in [1.82, 2.24) is 20.5 Å². The van der Waals surface area contributed by atoms with Gasteiger partial charge in [0.1, 0.15) is 0 Å². The van der Waals surface area contributed by atoms with E-state index in [0.717, 1.165) is 37.1 Å². The number of aromatic amines is 1. The molecule has 0 aliphatic rings. The van der Waals surface area contributed by atoms with Crippen molar-refractivity contribution in [2.24, 2.45) is 0 Å². The van der Waals surface area contributed by atoms with E-state index in [0.29, 0.717) is 12.2 Å². The molecule has 6 nitrogen and oxygen atoms in total. The summed E-state index contributed by atoms with van der Waals surface area (Å²) in [5.74, 6) is 0.592. The maximum absolute atomic E-state index is 12.3. The number of rotatable bonds is 8. The van der Waals surface area contributed by atoms with Gasteiger partial charge in [-0.15, -0.1) is 10.2 Å². The summed E-state index contributed by atoms with van der Waals surface area (Å²) in [5.41, 5.74) is 2.65. The van der Waals surface area contributed by atoms with Gasteiger partial charge in [0.15, 0.2) is 11.5 Å². The molecule has 1 amide bonds. The summed E-state index contributed by atoms with van der Waals surface area (Å²) in [5, 5.41) is 12.3. The van der Waals surface area contributed by atoms with Gasteiger partial charge in [0.05, 0.1) is 0 Å². The monoisotopic (exact) mass is 351 g/mol. The maximum Gasteiger partial charge on any atom is 0.271 e. The van der Waals surface area contributed by atoms with Crippen LogP contribution in [-0.2, 0) is 6.42 Å². The first-order valence-electron chi connectivity index (χ1n) is 9.07. The number of fused-ring (bicyclic) bond motifs is 1. The van der Waals surface area contributed by atoms with E-state index in [1.54, 1.807) is 6.07 Å². The van der Waals surface area contributed by atoms with Crippen LogP contribution in [-0.4, -0.2) is 41.2 Å². The predicted octanol–water partition coefficient (Wildman–Crippen LogP) is 3.17. The second-order valence-electron chi connectivity index (χ2n) is 6.42. The van der Waals surface area contributed by atoms with Crippen molar-refractivity contribution in [3.05, 3.63) is 53.9 Å². The molecule has 26 heavy (non-hydrogen) atoms. The molecule has 2 N–H and O–H groups in total. The third-order valence-corrected chi connectivity index (χ3v) is 4.48. The van der Waals surface area contributed by atoms with Gasteiger partial charge in [-0.1, -0.05) is 31.5 Å². The topological polar surface area (TPSA) is 73.9 Å². The second kappa shape index (κ2) is 8.47. The van der Waals surface area contributed by atoms with Gasteiger partial charge < -0.3 is 15.2 Å². The average molecular weight is 351 g/mol. The fourth-order valence-corrected chi connectivity index (χ4v) is 2.90. The molecular formula is C20H25N5O. The third kappa shape index (κ3) is 4.20. The van der Waals surface area contributed by atoms with E-state index in [-0.39, 0.29) is 5.91 Å². The van der Waals surface area contributed by atoms with Crippen LogP contribution in [0.1, 0.15) is 35.8 Å². The summed E-state index contributed by atoms with van der Waals surface area (Å²) in [4.78, 5) is 17.6. The Morgan fingerprint density at radius 3 is 2.81 bits per heavy atom. The predicted molar refractivity (Wildman–Crippen MR) is 105 cm³/mol. The number of benzene rings is 1. The number of H-pyrrole nitrogens is 1. The van der Waals surface area contributed by atoms with Crippen LogP contribution in [0, 0.1) is 0 Å². The van der Waals surface area contributed by atoms with E-state index in [4.69, 9.17) is 0 Å². The van der Waals surface area contributed by atoms with Crippen LogP contribution in [0.25, 0.3) is 10.9 Å². The Morgan fingerprint density at radius 1 is 1.19 bits per heavy atom. The van der Waals surface area contributed by atoms with Crippen molar-refractivity contribution in [3.63, 3.8) is 0 Å². The molecule has 0 saturated heterocycles. The summed E-state index contributed by atoms with van der Waals surface area (Å²) < 4.78 is 0. The minimum atomic E-state index is -0.194. The Labute approximate surface area is 153 Å². The van der Waals surface area contributed by atoms with Gasteiger partial charge >= 0.3 is 0 Å². The quantitative estimate of drug-likeness (QED) is 0.654. The minimum absolute atomic E-state index is 0.194. The van der Waals surface area contributed by atoms with Crippen molar-refractivity contribution in [1.29, 1.82) is 0 Å². The van der Waals surface area contributed by atoms with E-state index >= 15 is 0 Å². The van der Waals surface area contributed by atoms with Crippen molar-refractivity contribution < 1.29 is 4.79 Å². The lowest BCUT2D eigenvalue weighted by Crippen LogP contribution is -2.27. The SMILES string of the molecule is CCCCN(C)c1ccc(C(=O)NCCc2c[nH]c3ccccc23)nn1. The Balaban J connectivity index is 1.53. The Hall–Kier alpha value is -2.89. The highest BCUT2D eigenvalue weighted by atomic mass is 16.1. The van der Waals surface area contributed by atoms with Crippen molar-refractivity contribution in [2.45, 2.75) is 26.2 Å². The average Bonchev–Trinajstić information content (AvgIpc) is 3.09. The fourth-order valence-electron chi connectivity index (χ4n) is 2.90. The zero-order valence-corrected chi connectivity index (χ0v) is 15.3. The maximum atomic E-state index is 12.3. The molecule has 136 valence electrons. The zero-order valence-electron chi connectivity index (χ0n) is 15.3. The van der Waals surface area contributed by atoms with Crippen LogP contribution in [0.15, 0.2) is 42.6 Å². The highest BCUT2D eigenvalue weighted by Gasteiger charge is 2.10. The lowest BCUT2D eigenvalue weighted by molar-refractivity contribution is 0.0948. The van der Waals surface area contributed by atoms with Gasteiger partial charge in [0, 0.05) is 37.2 Å². The van der Waals surface area contributed by atoms with Crippen LogP contribution in [0.5, 0.6) is 0 Å². The summed E-state index contributed by atoms with van der Waals surface area (Å²) in [6.07, 6.45) is 5.00. The lowest BCUT2D eigenvalue weighted by Gasteiger charge is -2.16. The first kappa shape index (κ1) is 17.9. The zero-order chi connectivity index (χ0) is 18.4. The molecule has 0 unspecified atom stereocenters. The van der Waals surface area contributed by atoms with Gasteiger partial charge in [-0.05, 0) is 36.6 Å². The number of amides is 1. The number of unbranched alkanes of at least 4 members (excludes halogenated alkanes) is 1. The molecule has 0 bridgehead atoms. The summed E-state index contributed by atoms with van der Waals surface area (Å²) in [6, 6.07) is 11.7. The molecule has 0 spiro atoms. The van der Waals surface area contributed by atoms with Gasteiger partial charge in [-0.25, -0.2) is 0 Å². The molecule has 0 aliphatic heterocycles. The van der Waals surface area contributed by atoms with Crippen LogP contribution < -0.4 is 10.2 Å². The molecule has 0 saturated carbocycles. The molecular weight excluding hydrogens is 326 g/mol. The third-order valence-electron chi connectivity index (χ3n) is 4.48. The molecule has 0 radical (unpaired) electrons. The van der Waals surface area contributed by atoms with E-state index in [1.165, 1.54) is 10.9 Å². The number of carbonyl (C=O) groups is 1. The van der Waals surface area contributed by atoms with Crippen molar-refractivity contribution in [2.75, 3.05) is 25.0 Å². The van der Waals surface area contributed by atoms with E-state index in [1.807, 2.05) is 37.5 Å². The number of hydrogen-bond acceptors (Lipinski definition) is 4. The molecule has 3 rings (SSSR count). The fraction of sp³-hybridized carbons (Fsp3) is 0.350. The number of carbonyl (C=O) groups excluding carboxylic acids is 1. The molecule has 0 fully saturated rings. The highest BCUT2D eigenvalue weighted by Crippen LogP contribution is 2.17. The normalized spacial score (nSPS) is 10.8. The molecule has 2 aromatic heterocycles. The number of aromatic nitrogens is 3. The molecule has 0 aliphatic carbocycles. The highest BCUT2D eigenvalue weighted by molar-refractivity contribution is 5.92. The number of nitrogens with zero attached hydrogens (tertiary/aromatic N) is 3. The first-order valence-corrected chi connectivity index (χ1v) is 9.07. The standard InChI is InChI=1S/C20H25N5O/c1-3-4-13-25(2)19-10-9-18(23-24-19)20(26)21-12-11-15-14-22-17-8-6-5-7-16(15)17/h5-10,14,22H,3-4,11-13H2,1-2H3,(H,21,26). The largest absolute Gasteiger partial charge is 0.361 e. The first-order chi connectivity index (χ1) is 12.7. The molecule has 3 aromatic rings. The van der Waals surface area contributed by atoms with E-state index in [9.17, 15) is 4.79 Å². The van der Waals surface area contributed by atoms with Crippen LogP contribution in [0.2, 0.25) is 0 Å². The Morgan fingerprint density at radius 2 is 2.04 bits per heavy atom. The minimum Gasteiger partial charge on any atom is -0.361 e. The number of para-hydroxylation sites is 1. The van der Waals surface area contributed by atoms with Crippen LogP contribution in [0.4, 0.5) is 5.82 Å². The van der Waals surface area contributed by atoms with Crippen molar-refractivity contribution in [3.8, 4) is 0 Å².